The number of aliphatic hydroxyl groups excluding tert-OH is 8. The van der Waals surface area contributed by atoms with Gasteiger partial charge in [0.2, 0.25) is 5.91 Å². The summed E-state index contributed by atoms with van der Waals surface area (Å²) in [5.41, 5.74) is 0. The van der Waals surface area contributed by atoms with Crippen LogP contribution in [0.2, 0.25) is 0 Å². The number of hydrogen-bond acceptors (Lipinski definition) is 13. The number of allylic oxidation sites excluding steroid dienone is 3. The van der Waals surface area contributed by atoms with E-state index in [1.54, 1.807) is 6.08 Å². The van der Waals surface area contributed by atoms with Crippen molar-refractivity contribution in [3.05, 3.63) is 24.3 Å². The molecule has 0 saturated carbocycles. The van der Waals surface area contributed by atoms with Crippen LogP contribution in [0.15, 0.2) is 24.3 Å². The van der Waals surface area contributed by atoms with Gasteiger partial charge in [-0.15, -0.1) is 0 Å². The zero-order chi connectivity index (χ0) is 63.8. The highest BCUT2D eigenvalue weighted by Crippen LogP contribution is 2.30. The van der Waals surface area contributed by atoms with Crippen LogP contribution in [0.3, 0.4) is 0 Å². The molecule has 0 aromatic carbocycles. The minimum atomic E-state index is -1.79. The summed E-state index contributed by atoms with van der Waals surface area (Å²) < 4.78 is 22.8. The van der Waals surface area contributed by atoms with Gasteiger partial charge < -0.3 is 65.1 Å². The minimum Gasteiger partial charge on any atom is -0.394 e. The molecule has 2 saturated heterocycles. The van der Waals surface area contributed by atoms with E-state index in [2.05, 4.69) is 31.3 Å². The van der Waals surface area contributed by atoms with E-state index in [4.69, 9.17) is 18.9 Å². The lowest BCUT2D eigenvalue weighted by molar-refractivity contribution is -0.359. The number of amides is 1. The summed E-state index contributed by atoms with van der Waals surface area (Å²) >= 11 is 0. The topological polar surface area (TPSA) is 228 Å². The third kappa shape index (κ3) is 42.6. The highest BCUT2D eigenvalue weighted by Gasteiger charge is 2.51. The van der Waals surface area contributed by atoms with Crippen LogP contribution in [0.4, 0.5) is 0 Å². The highest BCUT2D eigenvalue weighted by molar-refractivity contribution is 5.76. The molecule has 0 bridgehead atoms. The second-order valence-electron chi connectivity index (χ2n) is 26.8. The quantitative estimate of drug-likeness (QED) is 0.0204. The summed E-state index contributed by atoms with van der Waals surface area (Å²) in [6, 6.07) is -0.911. The Hall–Kier alpha value is -1.53. The molecule has 0 radical (unpaired) electrons. The fourth-order valence-corrected chi connectivity index (χ4v) is 12.6. The van der Waals surface area contributed by atoms with Crippen molar-refractivity contribution < 1.29 is 64.6 Å². The van der Waals surface area contributed by atoms with Gasteiger partial charge in [-0.3, -0.25) is 4.79 Å². The molecular weight excluding hydrogens is 1110 g/mol. The van der Waals surface area contributed by atoms with Crippen LogP contribution in [0, 0.1) is 0 Å². The molecule has 0 aliphatic carbocycles. The molecule has 0 aromatic rings. The first-order valence-electron chi connectivity index (χ1n) is 37.6. The van der Waals surface area contributed by atoms with E-state index in [1.807, 2.05) is 6.08 Å². The Bertz CT molecular complexity index is 1570. The fourth-order valence-electron chi connectivity index (χ4n) is 12.6. The number of carbonyl (C=O) groups is 1. The van der Waals surface area contributed by atoms with E-state index < -0.39 is 86.8 Å². The van der Waals surface area contributed by atoms with Gasteiger partial charge in [-0.2, -0.15) is 0 Å². The van der Waals surface area contributed by atoms with Gasteiger partial charge in [0.25, 0.3) is 0 Å². The van der Waals surface area contributed by atoms with Crippen molar-refractivity contribution in [1.29, 1.82) is 0 Å². The average molecular weight is 1250 g/mol. The molecule has 12 atom stereocenters. The Kier molecular flexibility index (Phi) is 55.6. The zero-order valence-corrected chi connectivity index (χ0v) is 56.7. The molecule has 0 spiro atoms. The van der Waals surface area contributed by atoms with Crippen LogP contribution in [0.5, 0.6) is 0 Å². The zero-order valence-electron chi connectivity index (χ0n) is 56.7. The predicted octanol–water partition coefficient (Wildman–Crippen LogP) is 15.9. The lowest BCUT2D eigenvalue weighted by Gasteiger charge is -2.46. The molecular formula is C74H141NO13. The van der Waals surface area contributed by atoms with Crippen molar-refractivity contribution in [2.45, 2.75) is 421 Å². The standard InChI is InChI=1S/C74H141NO13/c1-3-5-7-9-11-13-15-17-19-20-21-22-23-24-25-26-27-28-29-30-31-32-33-34-35-36-37-38-39-40-41-42-44-46-48-50-52-54-56-58-66(79)75-62(63(78)57-55-53-51-49-47-45-43-18-16-14-12-10-8-6-4-2)61-85-73-71(84)69(82)72(65(60-77)87-73)88-74-70(83)68(81)67(80)64(59-76)86-74/h20-21,55,57,62-65,67-74,76-78,80-84H,3-19,22-54,56,58-61H2,1-2H3,(H,75,79)/b21-20-,57-55+. The molecule has 9 N–H and O–H groups in total. The summed E-state index contributed by atoms with van der Waals surface area (Å²) in [4.78, 5) is 13.3. The van der Waals surface area contributed by atoms with Gasteiger partial charge in [-0.1, -0.05) is 321 Å². The number of ether oxygens (including phenoxy) is 4. The second-order valence-corrected chi connectivity index (χ2v) is 26.8. The van der Waals surface area contributed by atoms with Gasteiger partial charge >= 0.3 is 0 Å². The molecule has 14 heteroatoms. The Morgan fingerprint density at radius 3 is 1.08 bits per heavy atom. The van der Waals surface area contributed by atoms with Crippen LogP contribution in [-0.2, 0) is 23.7 Å². The van der Waals surface area contributed by atoms with Crippen molar-refractivity contribution in [2.75, 3.05) is 19.8 Å². The van der Waals surface area contributed by atoms with Gasteiger partial charge in [0.1, 0.15) is 48.8 Å². The fraction of sp³-hybridized carbons (Fsp3) is 0.932. The van der Waals surface area contributed by atoms with Gasteiger partial charge in [0.05, 0.1) is 32.0 Å². The van der Waals surface area contributed by atoms with E-state index in [0.29, 0.717) is 6.42 Å². The normalized spacial score (nSPS) is 23.2. The van der Waals surface area contributed by atoms with E-state index >= 15 is 0 Å². The van der Waals surface area contributed by atoms with E-state index in [-0.39, 0.29) is 18.9 Å². The summed E-state index contributed by atoms with van der Waals surface area (Å²) in [7, 11) is 0. The molecule has 12 unspecified atom stereocenters. The minimum absolute atomic E-state index is 0.232. The van der Waals surface area contributed by atoms with Crippen LogP contribution in [-0.4, -0.2) is 140 Å². The van der Waals surface area contributed by atoms with Crippen LogP contribution >= 0.6 is 0 Å². The molecule has 2 heterocycles. The number of aliphatic hydroxyl groups is 8. The molecule has 1 amide bonds. The summed E-state index contributed by atoms with van der Waals surface area (Å²) in [5, 5.41) is 87.3. The Morgan fingerprint density at radius 2 is 0.716 bits per heavy atom. The van der Waals surface area contributed by atoms with Crippen LogP contribution in [0.1, 0.15) is 348 Å². The SMILES string of the molecule is CCCCCCCCCC/C=C\CCCCCCCCCCCCCCCCCCCCCCCCCCCCCC(=O)NC(COC1OC(CO)C(OC2OC(CO)C(O)C(O)C2O)C(O)C1O)C(O)/C=C/CCCCCCCCCCCCCCC. The van der Waals surface area contributed by atoms with Crippen molar-refractivity contribution in [3.63, 3.8) is 0 Å². The number of unbranched alkanes of at least 4 members (excludes halogenated alkanes) is 48. The third-order valence-corrected chi connectivity index (χ3v) is 18.6. The Labute approximate surface area is 539 Å². The van der Waals surface area contributed by atoms with Gasteiger partial charge in [0.15, 0.2) is 12.6 Å². The van der Waals surface area contributed by atoms with Crippen molar-refractivity contribution in [1.82, 2.24) is 5.32 Å². The number of hydrogen-bond donors (Lipinski definition) is 9. The van der Waals surface area contributed by atoms with Crippen molar-refractivity contribution >= 4 is 5.91 Å². The van der Waals surface area contributed by atoms with Crippen LogP contribution < -0.4 is 5.32 Å². The third-order valence-electron chi connectivity index (χ3n) is 18.6. The van der Waals surface area contributed by atoms with Gasteiger partial charge in [-0.05, 0) is 44.9 Å². The number of nitrogens with one attached hydrogen (secondary N) is 1. The van der Waals surface area contributed by atoms with Crippen LogP contribution in [0.25, 0.3) is 0 Å². The summed E-state index contributed by atoms with van der Waals surface area (Å²) in [5.74, 6) is -0.232. The molecule has 14 nitrogen and oxygen atoms in total. The molecule has 2 aliphatic heterocycles. The first-order chi connectivity index (χ1) is 43.1. The van der Waals surface area contributed by atoms with E-state index in [9.17, 15) is 45.6 Å². The number of carbonyl (C=O) groups excluding carboxylic acids is 1. The van der Waals surface area contributed by atoms with E-state index in [0.717, 1.165) is 38.5 Å². The monoisotopic (exact) mass is 1250 g/mol. The predicted molar refractivity (Wildman–Crippen MR) is 360 cm³/mol. The lowest BCUT2D eigenvalue weighted by atomic mass is 9.97. The molecule has 2 rings (SSSR count). The maximum atomic E-state index is 13.3. The Morgan fingerprint density at radius 1 is 0.398 bits per heavy atom. The molecule has 2 fully saturated rings. The first-order valence-corrected chi connectivity index (χ1v) is 37.6. The van der Waals surface area contributed by atoms with Gasteiger partial charge in [-0.25, -0.2) is 0 Å². The van der Waals surface area contributed by atoms with Crippen molar-refractivity contribution in [3.8, 4) is 0 Å². The maximum absolute atomic E-state index is 13.3. The lowest BCUT2D eigenvalue weighted by Crippen LogP contribution is -2.65. The Balaban J connectivity index is 1.55. The van der Waals surface area contributed by atoms with E-state index in [1.165, 1.54) is 283 Å². The van der Waals surface area contributed by atoms with Crippen molar-refractivity contribution in [2.24, 2.45) is 0 Å². The molecule has 88 heavy (non-hydrogen) atoms. The maximum Gasteiger partial charge on any atom is 0.220 e. The first kappa shape index (κ1) is 82.6. The molecule has 520 valence electrons. The smallest absolute Gasteiger partial charge is 0.220 e. The van der Waals surface area contributed by atoms with Gasteiger partial charge in [0, 0.05) is 6.42 Å². The molecule has 2 aliphatic rings. The molecule has 0 aromatic heterocycles. The largest absolute Gasteiger partial charge is 0.394 e. The number of rotatable bonds is 63. The second kappa shape index (κ2) is 59.2. The summed E-state index contributed by atoms with van der Waals surface area (Å²) in [6.45, 7) is 2.84. The summed E-state index contributed by atoms with van der Waals surface area (Å²) in [6.07, 6.45) is 58.5. The highest BCUT2D eigenvalue weighted by atomic mass is 16.7. The average Bonchev–Trinajstić information content (AvgIpc) is 2.99.